The average molecular weight is 347 g/mol. The van der Waals surface area contributed by atoms with Crippen molar-refractivity contribution in [2.45, 2.75) is 45.2 Å². The summed E-state index contributed by atoms with van der Waals surface area (Å²) in [6.07, 6.45) is 2.27. The van der Waals surface area contributed by atoms with Crippen LogP contribution < -0.4 is 15.0 Å². The van der Waals surface area contributed by atoms with Gasteiger partial charge in [0.2, 0.25) is 0 Å². The number of benzene rings is 1. The standard InChI is InChI=1S/C18H26N4OS/c1-13(2)18-21-20-17(24-18)12-19-14-8-10-22(11-9-14)15-6-4-5-7-16(15)23-3/h4-7,13-14,19H,8-12H2,1-3H3. The Kier molecular flexibility index (Phi) is 5.68. The van der Waals surface area contributed by atoms with Crippen LogP contribution in [0.2, 0.25) is 0 Å². The highest BCUT2D eigenvalue weighted by atomic mass is 32.1. The van der Waals surface area contributed by atoms with E-state index in [1.165, 1.54) is 5.69 Å². The van der Waals surface area contributed by atoms with Crippen molar-refractivity contribution in [3.8, 4) is 5.75 Å². The molecule has 1 N–H and O–H groups in total. The summed E-state index contributed by atoms with van der Waals surface area (Å²) in [5, 5.41) is 14.4. The molecule has 1 fully saturated rings. The number of nitrogens with zero attached hydrogens (tertiary/aromatic N) is 3. The lowest BCUT2D eigenvalue weighted by Crippen LogP contribution is -2.42. The molecular weight excluding hydrogens is 320 g/mol. The molecule has 0 aliphatic carbocycles. The third kappa shape index (κ3) is 4.05. The van der Waals surface area contributed by atoms with E-state index >= 15 is 0 Å². The third-order valence-corrected chi connectivity index (χ3v) is 5.66. The van der Waals surface area contributed by atoms with Gasteiger partial charge in [0.25, 0.3) is 0 Å². The van der Waals surface area contributed by atoms with Gasteiger partial charge in [-0.2, -0.15) is 0 Å². The van der Waals surface area contributed by atoms with Gasteiger partial charge in [0.15, 0.2) is 0 Å². The lowest BCUT2D eigenvalue weighted by molar-refractivity contribution is 0.397. The van der Waals surface area contributed by atoms with Crippen molar-refractivity contribution in [2.75, 3.05) is 25.1 Å². The van der Waals surface area contributed by atoms with Crippen LogP contribution >= 0.6 is 11.3 Å². The molecule has 24 heavy (non-hydrogen) atoms. The van der Waals surface area contributed by atoms with Crippen LogP contribution in [0.5, 0.6) is 5.75 Å². The van der Waals surface area contributed by atoms with Gasteiger partial charge in [0.1, 0.15) is 15.8 Å². The van der Waals surface area contributed by atoms with Gasteiger partial charge in [-0.25, -0.2) is 0 Å². The predicted molar refractivity (Wildman–Crippen MR) is 99.1 cm³/mol. The van der Waals surface area contributed by atoms with E-state index in [0.717, 1.165) is 48.2 Å². The normalized spacial score (nSPS) is 15.9. The van der Waals surface area contributed by atoms with Crippen molar-refractivity contribution in [2.24, 2.45) is 0 Å². The molecule has 1 aromatic heterocycles. The molecule has 1 aliphatic heterocycles. The van der Waals surface area contributed by atoms with Crippen LogP contribution in [-0.2, 0) is 6.54 Å². The topological polar surface area (TPSA) is 50.3 Å². The van der Waals surface area contributed by atoms with E-state index in [9.17, 15) is 0 Å². The fourth-order valence-electron chi connectivity index (χ4n) is 3.02. The van der Waals surface area contributed by atoms with Crippen molar-refractivity contribution < 1.29 is 4.74 Å². The lowest BCUT2D eigenvalue weighted by Gasteiger charge is -2.34. The van der Waals surface area contributed by atoms with Gasteiger partial charge in [0, 0.05) is 31.6 Å². The maximum absolute atomic E-state index is 5.48. The number of anilines is 1. The van der Waals surface area contributed by atoms with E-state index in [1.54, 1.807) is 18.4 Å². The van der Waals surface area contributed by atoms with E-state index in [4.69, 9.17) is 4.74 Å². The molecule has 1 saturated heterocycles. The van der Waals surface area contributed by atoms with E-state index in [2.05, 4.69) is 46.4 Å². The fraction of sp³-hybridized carbons (Fsp3) is 0.556. The van der Waals surface area contributed by atoms with E-state index in [1.807, 2.05) is 12.1 Å². The SMILES string of the molecule is COc1ccccc1N1CCC(NCc2nnc(C(C)C)s2)CC1. The number of piperidine rings is 1. The summed E-state index contributed by atoms with van der Waals surface area (Å²) in [6.45, 7) is 7.23. The minimum Gasteiger partial charge on any atom is -0.495 e. The zero-order valence-electron chi connectivity index (χ0n) is 14.7. The summed E-state index contributed by atoms with van der Waals surface area (Å²) in [5.74, 6) is 1.42. The Balaban J connectivity index is 1.50. The molecule has 2 heterocycles. The zero-order valence-corrected chi connectivity index (χ0v) is 15.5. The van der Waals surface area contributed by atoms with Gasteiger partial charge in [-0.1, -0.05) is 37.3 Å². The molecule has 0 saturated carbocycles. The molecule has 1 aliphatic rings. The number of hydrogen-bond donors (Lipinski definition) is 1. The largest absolute Gasteiger partial charge is 0.495 e. The molecule has 0 amide bonds. The lowest BCUT2D eigenvalue weighted by atomic mass is 10.0. The molecule has 0 atom stereocenters. The van der Waals surface area contributed by atoms with Crippen LogP contribution in [-0.4, -0.2) is 36.4 Å². The van der Waals surface area contributed by atoms with Crippen molar-refractivity contribution in [1.82, 2.24) is 15.5 Å². The van der Waals surface area contributed by atoms with E-state index < -0.39 is 0 Å². The first kappa shape index (κ1) is 17.2. The van der Waals surface area contributed by atoms with Gasteiger partial charge in [-0.05, 0) is 25.0 Å². The summed E-state index contributed by atoms with van der Waals surface area (Å²) in [6, 6.07) is 8.80. The second kappa shape index (κ2) is 7.94. The summed E-state index contributed by atoms with van der Waals surface area (Å²) >= 11 is 1.72. The molecule has 130 valence electrons. The highest BCUT2D eigenvalue weighted by Gasteiger charge is 2.21. The van der Waals surface area contributed by atoms with Crippen LogP contribution in [0.25, 0.3) is 0 Å². The first-order valence-electron chi connectivity index (χ1n) is 8.61. The Hall–Kier alpha value is -1.66. The number of nitrogens with one attached hydrogen (secondary N) is 1. The number of methoxy groups -OCH3 is 1. The number of para-hydroxylation sites is 2. The van der Waals surface area contributed by atoms with Crippen molar-refractivity contribution in [3.05, 3.63) is 34.3 Å². The van der Waals surface area contributed by atoms with Crippen molar-refractivity contribution in [1.29, 1.82) is 0 Å². The van der Waals surface area contributed by atoms with Gasteiger partial charge in [-0.15, -0.1) is 10.2 Å². The van der Waals surface area contributed by atoms with Gasteiger partial charge >= 0.3 is 0 Å². The Morgan fingerprint density at radius 2 is 2.00 bits per heavy atom. The second-order valence-corrected chi connectivity index (χ2v) is 7.60. The minimum atomic E-state index is 0.459. The highest BCUT2D eigenvalue weighted by molar-refractivity contribution is 7.11. The quantitative estimate of drug-likeness (QED) is 0.868. The van der Waals surface area contributed by atoms with Gasteiger partial charge in [0.05, 0.1) is 12.8 Å². The first-order valence-corrected chi connectivity index (χ1v) is 9.42. The van der Waals surface area contributed by atoms with Gasteiger partial charge < -0.3 is 15.0 Å². The molecule has 5 nitrogen and oxygen atoms in total. The molecule has 0 unspecified atom stereocenters. The Labute approximate surface area is 148 Å². The molecule has 3 rings (SSSR count). The fourth-order valence-corrected chi connectivity index (χ4v) is 3.81. The number of aromatic nitrogens is 2. The van der Waals surface area contributed by atoms with E-state index in [-0.39, 0.29) is 0 Å². The maximum Gasteiger partial charge on any atom is 0.142 e. The van der Waals surface area contributed by atoms with Crippen LogP contribution in [0.15, 0.2) is 24.3 Å². The average Bonchev–Trinajstić information content (AvgIpc) is 3.10. The smallest absolute Gasteiger partial charge is 0.142 e. The molecule has 2 aromatic rings. The monoisotopic (exact) mass is 346 g/mol. The van der Waals surface area contributed by atoms with Crippen LogP contribution in [0.4, 0.5) is 5.69 Å². The molecule has 0 bridgehead atoms. The summed E-state index contributed by atoms with van der Waals surface area (Å²) < 4.78 is 5.48. The Bertz CT molecular complexity index is 650. The van der Waals surface area contributed by atoms with Crippen LogP contribution in [0.1, 0.15) is 42.6 Å². The number of ether oxygens (including phenoxy) is 1. The minimum absolute atomic E-state index is 0.459. The third-order valence-electron chi connectivity index (χ3n) is 4.44. The van der Waals surface area contributed by atoms with E-state index in [0.29, 0.717) is 12.0 Å². The van der Waals surface area contributed by atoms with Crippen LogP contribution in [0, 0.1) is 0 Å². The van der Waals surface area contributed by atoms with Crippen molar-refractivity contribution in [3.63, 3.8) is 0 Å². The predicted octanol–water partition coefficient (Wildman–Crippen LogP) is 3.43. The zero-order chi connectivity index (χ0) is 16.9. The Morgan fingerprint density at radius 3 is 2.67 bits per heavy atom. The van der Waals surface area contributed by atoms with Gasteiger partial charge in [-0.3, -0.25) is 0 Å². The summed E-state index contributed by atoms with van der Waals surface area (Å²) in [5.41, 5.74) is 1.20. The van der Waals surface area contributed by atoms with Crippen LogP contribution in [0.3, 0.4) is 0 Å². The first-order chi connectivity index (χ1) is 11.7. The second-order valence-electron chi connectivity index (χ2n) is 6.50. The number of hydrogen-bond acceptors (Lipinski definition) is 6. The molecule has 6 heteroatoms. The maximum atomic E-state index is 5.48. The molecule has 0 spiro atoms. The highest BCUT2D eigenvalue weighted by Crippen LogP contribution is 2.30. The van der Waals surface area contributed by atoms with Crippen molar-refractivity contribution >= 4 is 17.0 Å². The number of rotatable bonds is 6. The summed E-state index contributed by atoms with van der Waals surface area (Å²) in [4.78, 5) is 2.42. The Morgan fingerprint density at radius 1 is 1.25 bits per heavy atom. The molecule has 1 aromatic carbocycles. The molecule has 0 radical (unpaired) electrons. The summed E-state index contributed by atoms with van der Waals surface area (Å²) in [7, 11) is 1.74. The molecular formula is C18H26N4OS.